The third-order valence-corrected chi connectivity index (χ3v) is 3.02. The van der Waals surface area contributed by atoms with Crippen LogP contribution in [0.2, 0.25) is 10.0 Å². The normalized spacial score (nSPS) is 10.2. The maximum atomic E-state index is 5.92. The maximum absolute atomic E-state index is 5.92. The van der Waals surface area contributed by atoms with Crippen LogP contribution in [0.4, 0.5) is 5.69 Å². The second-order valence-electron chi connectivity index (χ2n) is 3.95. The largest absolute Gasteiger partial charge is 0.493 e. The van der Waals surface area contributed by atoms with Gasteiger partial charge in [0.2, 0.25) is 0 Å². The van der Waals surface area contributed by atoms with Crippen molar-refractivity contribution in [2.24, 2.45) is 0 Å². The number of hydrogen-bond donors (Lipinski definition) is 1. The molecular formula is C14H13Cl2NO3. The van der Waals surface area contributed by atoms with Gasteiger partial charge >= 0.3 is 0 Å². The first-order valence-corrected chi connectivity index (χ1v) is 6.44. The molecule has 0 saturated heterocycles. The highest BCUT2D eigenvalue weighted by Gasteiger charge is 2.11. The number of ether oxygens (including phenoxy) is 3. The number of nitrogen functional groups attached to an aromatic ring is 1. The molecule has 6 heteroatoms. The van der Waals surface area contributed by atoms with Crippen LogP contribution >= 0.6 is 23.2 Å². The lowest BCUT2D eigenvalue weighted by Crippen LogP contribution is -1.96. The molecule has 0 spiro atoms. The van der Waals surface area contributed by atoms with E-state index in [1.807, 2.05) is 0 Å². The first-order chi connectivity index (χ1) is 9.53. The van der Waals surface area contributed by atoms with Crippen molar-refractivity contribution in [1.29, 1.82) is 0 Å². The Balaban J connectivity index is 2.37. The molecule has 0 atom stereocenters. The zero-order valence-corrected chi connectivity index (χ0v) is 12.5. The molecule has 0 unspecified atom stereocenters. The molecule has 20 heavy (non-hydrogen) atoms. The van der Waals surface area contributed by atoms with Gasteiger partial charge in [-0.2, -0.15) is 0 Å². The molecule has 2 aromatic carbocycles. The van der Waals surface area contributed by atoms with E-state index < -0.39 is 0 Å². The maximum Gasteiger partial charge on any atom is 0.164 e. The van der Waals surface area contributed by atoms with Crippen molar-refractivity contribution in [3.63, 3.8) is 0 Å². The molecule has 106 valence electrons. The number of hydrogen-bond acceptors (Lipinski definition) is 4. The lowest BCUT2D eigenvalue weighted by atomic mass is 10.2. The molecule has 0 saturated carbocycles. The van der Waals surface area contributed by atoms with E-state index in [9.17, 15) is 0 Å². The summed E-state index contributed by atoms with van der Waals surface area (Å²) >= 11 is 11.8. The predicted molar refractivity (Wildman–Crippen MR) is 80.5 cm³/mol. The molecule has 0 aliphatic heterocycles. The Morgan fingerprint density at radius 3 is 1.90 bits per heavy atom. The summed E-state index contributed by atoms with van der Waals surface area (Å²) in [6.07, 6.45) is 0. The minimum Gasteiger partial charge on any atom is -0.493 e. The smallest absolute Gasteiger partial charge is 0.164 e. The minimum absolute atomic E-state index is 0.416. The van der Waals surface area contributed by atoms with Crippen molar-refractivity contribution in [2.45, 2.75) is 0 Å². The van der Waals surface area contributed by atoms with Gasteiger partial charge in [0.1, 0.15) is 5.75 Å². The molecule has 2 N–H and O–H groups in total. The van der Waals surface area contributed by atoms with Gasteiger partial charge in [0.25, 0.3) is 0 Å². The molecule has 0 aliphatic carbocycles. The lowest BCUT2D eigenvalue weighted by Gasteiger charge is -2.13. The Kier molecular flexibility index (Phi) is 4.47. The van der Waals surface area contributed by atoms with Gasteiger partial charge in [0.05, 0.1) is 19.9 Å². The SMILES string of the molecule is COc1cc(N)c(Oc2cc(Cl)cc(Cl)c2)cc1OC. The fourth-order valence-electron chi connectivity index (χ4n) is 1.68. The van der Waals surface area contributed by atoms with Gasteiger partial charge in [-0.1, -0.05) is 23.2 Å². The average molecular weight is 314 g/mol. The van der Waals surface area contributed by atoms with Crippen LogP contribution in [0.25, 0.3) is 0 Å². The molecule has 0 fully saturated rings. The van der Waals surface area contributed by atoms with Gasteiger partial charge in [-0.15, -0.1) is 0 Å². The number of rotatable bonds is 4. The lowest BCUT2D eigenvalue weighted by molar-refractivity contribution is 0.352. The molecule has 2 rings (SSSR count). The second kappa shape index (κ2) is 6.11. The number of benzene rings is 2. The zero-order valence-electron chi connectivity index (χ0n) is 10.9. The van der Waals surface area contributed by atoms with E-state index >= 15 is 0 Å². The highest BCUT2D eigenvalue weighted by Crippen LogP contribution is 2.39. The number of nitrogens with two attached hydrogens (primary N) is 1. The second-order valence-corrected chi connectivity index (χ2v) is 4.83. The first-order valence-electron chi connectivity index (χ1n) is 5.69. The molecule has 0 bridgehead atoms. The van der Waals surface area contributed by atoms with Gasteiger partial charge in [-0.3, -0.25) is 0 Å². The quantitative estimate of drug-likeness (QED) is 0.851. The van der Waals surface area contributed by atoms with Crippen LogP contribution in [-0.4, -0.2) is 14.2 Å². The number of anilines is 1. The van der Waals surface area contributed by atoms with Crippen LogP contribution in [0.3, 0.4) is 0 Å². The summed E-state index contributed by atoms with van der Waals surface area (Å²) in [7, 11) is 3.07. The van der Waals surface area contributed by atoms with Gasteiger partial charge < -0.3 is 19.9 Å². The van der Waals surface area contributed by atoms with Crippen LogP contribution in [0.15, 0.2) is 30.3 Å². The van der Waals surface area contributed by atoms with Gasteiger partial charge in [-0.25, -0.2) is 0 Å². The number of methoxy groups -OCH3 is 2. The van der Waals surface area contributed by atoms with E-state index in [2.05, 4.69) is 0 Å². The Morgan fingerprint density at radius 2 is 1.35 bits per heavy atom. The molecule has 0 radical (unpaired) electrons. The molecule has 0 amide bonds. The van der Waals surface area contributed by atoms with E-state index in [-0.39, 0.29) is 0 Å². The fourth-order valence-corrected chi connectivity index (χ4v) is 2.18. The molecule has 4 nitrogen and oxygen atoms in total. The topological polar surface area (TPSA) is 53.7 Å². The van der Waals surface area contributed by atoms with Crippen molar-refractivity contribution in [3.8, 4) is 23.0 Å². The molecule has 0 aliphatic rings. The summed E-state index contributed by atoms with van der Waals surface area (Å²) in [4.78, 5) is 0. The van der Waals surface area contributed by atoms with Crippen molar-refractivity contribution >= 4 is 28.9 Å². The summed E-state index contributed by atoms with van der Waals surface area (Å²) in [5, 5.41) is 0.957. The van der Waals surface area contributed by atoms with E-state index in [4.69, 9.17) is 43.1 Å². The van der Waals surface area contributed by atoms with Gasteiger partial charge in [-0.05, 0) is 18.2 Å². The predicted octanol–water partition coefficient (Wildman–Crippen LogP) is 4.39. The van der Waals surface area contributed by atoms with Crippen LogP contribution in [0, 0.1) is 0 Å². The Morgan fingerprint density at radius 1 is 0.800 bits per heavy atom. The first kappa shape index (κ1) is 14.6. The Labute approximate surface area is 127 Å². The van der Waals surface area contributed by atoms with Crippen molar-refractivity contribution in [1.82, 2.24) is 0 Å². The van der Waals surface area contributed by atoms with Crippen LogP contribution in [0.5, 0.6) is 23.0 Å². The highest BCUT2D eigenvalue weighted by atomic mass is 35.5. The van der Waals surface area contributed by atoms with Crippen molar-refractivity contribution in [2.75, 3.05) is 20.0 Å². The summed E-state index contributed by atoms with van der Waals surface area (Å²) in [6.45, 7) is 0. The minimum atomic E-state index is 0.416. The third-order valence-electron chi connectivity index (χ3n) is 2.58. The highest BCUT2D eigenvalue weighted by molar-refractivity contribution is 6.34. The Bertz CT molecular complexity index is 612. The monoisotopic (exact) mass is 313 g/mol. The standard InChI is InChI=1S/C14H13Cl2NO3/c1-18-13-6-11(17)12(7-14(13)19-2)20-10-4-8(15)3-9(16)5-10/h3-7H,17H2,1-2H3. The van der Waals surface area contributed by atoms with E-state index in [1.165, 1.54) is 14.2 Å². The van der Waals surface area contributed by atoms with E-state index in [1.54, 1.807) is 30.3 Å². The summed E-state index contributed by atoms with van der Waals surface area (Å²) in [5.41, 5.74) is 6.33. The molecule has 2 aromatic rings. The van der Waals surface area contributed by atoms with Crippen molar-refractivity contribution in [3.05, 3.63) is 40.4 Å². The Hall–Kier alpha value is -1.78. The van der Waals surface area contributed by atoms with Gasteiger partial charge in [0, 0.05) is 22.2 Å². The number of halogens is 2. The van der Waals surface area contributed by atoms with Crippen LogP contribution in [0.1, 0.15) is 0 Å². The molecular weight excluding hydrogens is 301 g/mol. The van der Waals surface area contributed by atoms with Gasteiger partial charge in [0.15, 0.2) is 17.2 Å². The van der Waals surface area contributed by atoms with Crippen molar-refractivity contribution < 1.29 is 14.2 Å². The summed E-state index contributed by atoms with van der Waals surface area (Å²) < 4.78 is 16.0. The fraction of sp³-hybridized carbons (Fsp3) is 0.143. The van der Waals surface area contributed by atoms with E-state index in [0.717, 1.165) is 0 Å². The zero-order chi connectivity index (χ0) is 14.7. The van der Waals surface area contributed by atoms with Crippen LogP contribution in [-0.2, 0) is 0 Å². The average Bonchev–Trinajstić information content (AvgIpc) is 2.39. The third kappa shape index (κ3) is 3.21. The van der Waals surface area contributed by atoms with Crippen LogP contribution < -0.4 is 19.9 Å². The molecule has 0 aromatic heterocycles. The molecule has 0 heterocycles. The van der Waals surface area contributed by atoms with E-state index in [0.29, 0.717) is 38.7 Å². The summed E-state index contributed by atoms with van der Waals surface area (Å²) in [6, 6.07) is 8.17. The summed E-state index contributed by atoms with van der Waals surface area (Å²) in [5.74, 6) is 1.97.